The second kappa shape index (κ2) is 9.31. The number of fused-ring (bicyclic) bond motifs is 4. The lowest BCUT2D eigenvalue weighted by Crippen LogP contribution is -2.60. The van der Waals surface area contributed by atoms with E-state index >= 15 is 0 Å². The Bertz CT molecular complexity index is 1170. The second-order valence-electron chi connectivity index (χ2n) is 11.8. The molecule has 3 saturated carbocycles. The van der Waals surface area contributed by atoms with Gasteiger partial charge in [0.2, 0.25) is 0 Å². The van der Waals surface area contributed by atoms with Gasteiger partial charge >= 0.3 is 12.1 Å². The zero-order chi connectivity index (χ0) is 26.4. The topological polar surface area (TPSA) is 84.9 Å². The average molecular weight is 509 g/mol. The normalized spacial score (nSPS) is 24.5. The molecule has 0 radical (unpaired) electrons. The van der Waals surface area contributed by atoms with Crippen LogP contribution in [-0.2, 0) is 18.5 Å². The third-order valence-electron chi connectivity index (χ3n) is 8.82. The first-order chi connectivity index (χ1) is 17.5. The summed E-state index contributed by atoms with van der Waals surface area (Å²) in [7, 11) is 1.88. The quantitative estimate of drug-likeness (QED) is 0.524. The second-order valence-corrected chi connectivity index (χ2v) is 11.8. The molecule has 2 bridgehead atoms. The largest absolute Gasteiger partial charge is 0.389 e. The van der Waals surface area contributed by atoms with E-state index in [1.54, 1.807) is 24.8 Å². The maximum absolute atomic E-state index is 13.5. The van der Waals surface area contributed by atoms with Crippen molar-refractivity contribution in [3.63, 3.8) is 0 Å². The lowest BCUT2D eigenvalue weighted by Gasteiger charge is -2.57. The summed E-state index contributed by atoms with van der Waals surface area (Å²) in [6.45, 7) is 4.49. The molecule has 0 spiro atoms. The molecular formula is C29H37FN4O3. The molecule has 6 rings (SSSR count). The van der Waals surface area contributed by atoms with Crippen LogP contribution in [0, 0.1) is 5.82 Å². The number of nitrogens with one attached hydrogen (secondary N) is 2. The summed E-state index contributed by atoms with van der Waals surface area (Å²) < 4.78 is 13.5. The molecule has 1 aliphatic heterocycles. The van der Waals surface area contributed by atoms with Gasteiger partial charge in [0.05, 0.1) is 5.60 Å². The third kappa shape index (κ3) is 5.04. The van der Waals surface area contributed by atoms with Crippen LogP contribution < -0.4 is 10.6 Å². The van der Waals surface area contributed by atoms with E-state index in [0.717, 1.165) is 55.3 Å². The van der Waals surface area contributed by atoms with Crippen LogP contribution in [0.5, 0.6) is 0 Å². The van der Waals surface area contributed by atoms with E-state index in [4.69, 9.17) is 0 Å². The van der Waals surface area contributed by atoms with Crippen LogP contribution in [0.4, 0.5) is 19.7 Å². The molecule has 4 aliphatic rings. The van der Waals surface area contributed by atoms with Crippen molar-refractivity contribution in [1.82, 2.24) is 15.1 Å². The summed E-state index contributed by atoms with van der Waals surface area (Å²) in [6.07, 6.45) is 5.91. The fourth-order valence-corrected chi connectivity index (χ4v) is 6.34. The molecule has 1 heterocycles. The fraction of sp³-hybridized carbons (Fsp3) is 0.517. The van der Waals surface area contributed by atoms with Crippen molar-refractivity contribution in [2.24, 2.45) is 0 Å². The zero-order valence-electron chi connectivity index (χ0n) is 21.9. The summed E-state index contributed by atoms with van der Waals surface area (Å²) in [4.78, 5) is 29.1. The molecule has 3 fully saturated rings. The Morgan fingerprint density at radius 3 is 2.24 bits per heavy atom. The summed E-state index contributed by atoms with van der Waals surface area (Å²) in [5, 5.41) is 15.8. The van der Waals surface area contributed by atoms with Crippen LogP contribution in [0.3, 0.4) is 0 Å². The number of aliphatic hydroxyl groups is 1. The molecule has 198 valence electrons. The first-order valence-electron chi connectivity index (χ1n) is 13.2. The van der Waals surface area contributed by atoms with Gasteiger partial charge in [-0.3, -0.25) is 0 Å². The van der Waals surface area contributed by atoms with Crippen LogP contribution in [0.1, 0.15) is 69.1 Å². The third-order valence-corrected chi connectivity index (χ3v) is 8.82. The Morgan fingerprint density at radius 2 is 1.62 bits per heavy atom. The Hall–Kier alpha value is -3.13. The molecular weight excluding hydrogens is 471 g/mol. The molecule has 3 aliphatic carbocycles. The van der Waals surface area contributed by atoms with Gasteiger partial charge in [-0.25, -0.2) is 14.0 Å². The van der Waals surface area contributed by atoms with Gasteiger partial charge < -0.3 is 25.5 Å². The van der Waals surface area contributed by atoms with Crippen molar-refractivity contribution >= 4 is 17.7 Å². The Balaban J connectivity index is 1.18. The van der Waals surface area contributed by atoms with Gasteiger partial charge in [0.25, 0.3) is 0 Å². The summed E-state index contributed by atoms with van der Waals surface area (Å²) in [5.74, 6) is -0.278. The number of halogens is 1. The van der Waals surface area contributed by atoms with Crippen molar-refractivity contribution in [3.05, 3.63) is 65.0 Å². The minimum atomic E-state index is -0.938. The number of rotatable bonds is 5. The SMILES string of the molecule is CN(C(=O)NCC(C)(C)O)C12CCC(c3ccc(NC(=O)N4Cc5ccc(F)cc5C4)cc3)(CC1)CC2. The average Bonchev–Trinajstić information content (AvgIpc) is 3.31. The van der Waals surface area contributed by atoms with Crippen LogP contribution in [0.25, 0.3) is 0 Å². The molecule has 0 atom stereocenters. The van der Waals surface area contributed by atoms with Crippen molar-refractivity contribution in [3.8, 4) is 0 Å². The highest BCUT2D eigenvalue weighted by molar-refractivity contribution is 5.89. The van der Waals surface area contributed by atoms with E-state index < -0.39 is 5.60 Å². The zero-order valence-corrected chi connectivity index (χ0v) is 21.9. The monoisotopic (exact) mass is 508 g/mol. The van der Waals surface area contributed by atoms with Crippen LogP contribution in [0.15, 0.2) is 42.5 Å². The molecule has 3 N–H and O–H groups in total. The van der Waals surface area contributed by atoms with Gasteiger partial charge in [-0.05, 0) is 98.7 Å². The summed E-state index contributed by atoms with van der Waals surface area (Å²) >= 11 is 0. The Kier molecular flexibility index (Phi) is 6.42. The van der Waals surface area contributed by atoms with Crippen molar-refractivity contribution < 1.29 is 19.1 Å². The van der Waals surface area contributed by atoms with E-state index in [9.17, 15) is 19.1 Å². The number of amides is 4. The maximum atomic E-state index is 13.5. The van der Waals surface area contributed by atoms with E-state index in [1.807, 2.05) is 24.1 Å². The van der Waals surface area contributed by atoms with Gasteiger partial charge in [0, 0.05) is 37.9 Å². The number of carbonyl (C=O) groups is 2. The number of nitrogens with zero attached hydrogens (tertiary/aromatic N) is 2. The summed E-state index contributed by atoms with van der Waals surface area (Å²) in [5.41, 5.74) is 2.92. The van der Waals surface area contributed by atoms with Gasteiger partial charge in [0.1, 0.15) is 5.82 Å². The first kappa shape index (κ1) is 25.5. The summed E-state index contributed by atoms with van der Waals surface area (Å²) in [6, 6.07) is 12.6. The minimum absolute atomic E-state index is 0.107. The highest BCUT2D eigenvalue weighted by Gasteiger charge is 2.52. The van der Waals surface area contributed by atoms with Crippen LogP contribution in [0.2, 0.25) is 0 Å². The molecule has 4 amide bonds. The van der Waals surface area contributed by atoms with Gasteiger partial charge in [-0.1, -0.05) is 18.2 Å². The van der Waals surface area contributed by atoms with Crippen LogP contribution in [-0.4, -0.2) is 51.7 Å². The van der Waals surface area contributed by atoms with E-state index in [-0.39, 0.29) is 35.4 Å². The highest BCUT2D eigenvalue weighted by Crippen LogP contribution is 2.55. The molecule has 37 heavy (non-hydrogen) atoms. The van der Waals surface area contributed by atoms with E-state index in [0.29, 0.717) is 13.1 Å². The van der Waals surface area contributed by atoms with Crippen molar-refractivity contribution in [1.29, 1.82) is 0 Å². The predicted octanol–water partition coefficient (Wildman–Crippen LogP) is 5.13. The Morgan fingerprint density at radius 1 is 1.00 bits per heavy atom. The van der Waals surface area contributed by atoms with Crippen molar-refractivity contribution in [2.75, 3.05) is 18.9 Å². The fourth-order valence-electron chi connectivity index (χ4n) is 6.34. The van der Waals surface area contributed by atoms with E-state index in [1.165, 1.54) is 17.7 Å². The molecule has 8 heteroatoms. The standard InChI is InChI=1S/C29H37FN4O3/c1-27(2,37)19-31-25(35)33(3)29-13-10-28(11-14-29,12-15-29)22-5-8-24(9-6-22)32-26(36)34-17-20-4-7-23(30)16-21(20)18-34/h4-9,16,37H,10-15,17-19H2,1-3H3,(H,31,35)(H,32,36). The molecule has 0 aromatic heterocycles. The number of anilines is 1. The lowest BCUT2D eigenvalue weighted by molar-refractivity contribution is 0.00917. The minimum Gasteiger partial charge on any atom is -0.389 e. The lowest BCUT2D eigenvalue weighted by atomic mass is 9.54. The smallest absolute Gasteiger partial charge is 0.322 e. The van der Waals surface area contributed by atoms with Gasteiger partial charge in [0.15, 0.2) is 0 Å². The van der Waals surface area contributed by atoms with Gasteiger partial charge in [-0.2, -0.15) is 0 Å². The number of hydrogen-bond donors (Lipinski definition) is 3. The number of benzene rings is 2. The van der Waals surface area contributed by atoms with Gasteiger partial charge in [-0.15, -0.1) is 0 Å². The number of carbonyl (C=O) groups excluding carboxylic acids is 2. The maximum Gasteiger partial charge on any atom is 0.322 e. The van der Waals surface area contributed by atoms with Crippen LogP contribution >= 0.6 is 0 Å². The number of hydrogen-bond acceptors (Lipinski definition) is 3. The molecule has 0 unspecified atom stereocenters. The molecule has 2 aromatic carbocycles. The number of urea groups is 2. The molecule has 2 aromatic rings. The highest BCUT2D eigenvalue weighted by atomic mass is 19.1. The van der Waals surface area contributed by atoms with Crippen molar-refractivity contribution in [2.45, 2.75) is 82.0 Å². The Labute approximate surface area is 218 Å². The molecule has 0 saturated heterocycles. The molecule has 7 nitrogen and oxygen atoms in total. The first-order valence-corrected chi connectivity index (χ1v) is 13.2. The van der Waals surface area contributed by atoms with E-state index in [2.05, 4.69) is 22.8 Å². The predicted molar refractivity (Wildman–Crippen MR) is 141 cm³/mol.